The fourth-order valence-electron chi connectivity index (χ4n) is 3.60. The molecule has 0 unspecified atom stereocenters. The molecule has 148 valence electrons. The van der Waals surface area contributed by atoms with Crippen LogP contribution in [0.2, 0.25) is 0 Å². The molecule has 0 radical (unpaired) electrons. The summed E-state index contributed by atoms with van der Waals surface area (Å²) in [5, 5.41) is 3.18. The molecule has 26 heavy (non-hydrogen) atoms. The molecule has 2 fully saturated rings. The highest BCUT2D eigenvalue weighted by Gasteiger charge is 2.38. The topological polar surface area (TPSA) is 91.7 Å². The summed E-state index contributed by atoms with van der Waals surface area (Å²) in [6.45, 7) is 8.70. The number of furan rings is 1. The van der Waals surface area contributed by atoms with Crippen molar-refractivity contribution in [3.63, 3.8) is 0 Å². The summed E-state index contributed by atoms with van der Waals surface area (Å²) in [5.41, 5.74) is -0.294. The van der Waals surface area contributed by atoms with Crippen LogP contribution in [0.15, 0.2) is 21.6 Å². The van der Waals surface area contributed by atoms with E-state index in [1.165, 1.54) is 12.1 Å². The van der Waals surface area contributed by atoms with Gasteiger partial charge in [0.25, 0.3) is 15.9 Å². The molecule has 2 N–H and O–H groups in total. The van der Waals surface area contributed by atoms with Gasteiger partial charge in [-0.25, -0.2) is 13.1 Å². The number of sulfonamides is 1. The van der Waals surface area contributed by atoms with E-state index >= 15 is 0 Å². The number of amides is 1. The highest BCUT2D eigenvalue weighted by molar-refractivity contribution is 7.89. The van der Waals surface area contributed by atoms with E-state index < -0.39 is 15.6 Å². The third-order valence-corrected chi connectivity index (χ3v) is 6.57. The molecule has 1 spiro atoms. The number of halogens is 1. The van der Waals surface area contributed by atoms with Crippen molar-refractivity contribution < 1.29 is 17.6 Å². The third-order valence-electron chi connectivity index (χ3n) is 4.94. The van der Waals surface area contributed by atoms with E-state index in [-0.39, 0.29) is 29.2 Å². The lowest BCUT2D eigenvalue weighted by atomic mass is 9.78. The molecule has 2 saturated heterocycles. The molecule has 7 nitrogen and oxygen atoms in total. The maximum Gasteiger partial charge on any atom is 0.289 e. The number of carbonyl (C=O) groups is 1. The number of piperidine rings is 1. The summed E-state index contributed by atoms with van der Waals surface area (Å²) >= 11 is 0. The Morgan fingerprint density at radius 2 is 1.88 bits per heavy atom. The molecule has 0 saturated carbocycles. The minimum absolute atomic E-state index is 0. The maximum atomic E-state index is 12.6. The molecule has 0 aliphatic carbocycles. The largest absolute Gasteiger partial charge is 0.438 e. The Kier molecular flexibility index (Phi) is 6.12. The zero-order valence-corrected chi connectivity index (χ0v) is 17.1. The van der Waals surface area contributed by atoms with Gasteiger partial charge < -0.3 is 14.6 Å². The number of hydrogen-bond acceptors (Lipinski definition) is 5. The van der Waals surface area contributed by atoms with Gasteiger partial charge >= 0.3 is 0 Å². The van der Waals surface area contributed by atoms with Crippen LogP contribution in [0.3, 0.4) is 0 Å². The maximum absolute atomic E-state index is 12.6. The SMILES string of the molecule is CC(C)(C)NS(=O)(=O)c1ccc(C(=O)N2CCC3(CCNC3)CC2)o1.Cl. The van der Waals surface area contributed by atoms with Crippen LogP contribution in [0.5, 0.6) is 0 Å². The van der Waals surface area contributed by atoms with Crippen LogP contribution in [0.1, 0.15) is 50.6 Å². The average Bonchev–Trinajstić information content (AvgIpc) is 3.15. The van der Waals surface area contributed by atoms with Crippen LogP contribution in [0, 0.1) is 5.41 Å². The van der Waals surface area contributed by atoms with E-state index in [9.17, 15) is 13.2 Å². The smallest absolute Gasteiger partial charge is 0.289 e. The van der Waals surface area contributed by atoms with Crippen LogP contribution in [0.4, 0.5) is 0 Å². The van der Waals surface area contributed by atoms with Crippen LogP contribution in [-0.2, 0) is 10.0 Å². The Balaban J connectivity index is 0.00000243. The molecular weight excluding hydrogens is 378 g/mol. The summed E-state index contributed by atoms with van der Waals surface area (Å²) in [6.07, 6.45) is 3.11. The first kappa shape index (κ1) is 21.2. The summed E-state index contributed by atoms with van der Waals surface area (Å²) in [4.78, 5) is 14.4. The molecule has 2 aliphatic heterocycles. The van der Waals surface area contributed by atoms with Gasteiger partial charge in [-0.1, -0.05) is 0 Å². The van der Waals surface area contributed by atoms with Gasteiger partial charge in [-0.2, -0.15) is 0 Å². The second-order valence-electron chi connectivity index (χ2n) is 8.19. The number of hydrogen-bond donors (Lipinski definition) is 2. The summed E-state index contributed by atoms with van der Waals surface area (Å²) in [5.74, 6) is -0.159. The van der Waals surface area contributed by atoms with Gasteiger partial charge in [0, 0.05) is 25.2 Å². The fourth-order valence-corrected chi connectivity index (χ4v) is 4.95. The van der Waals surface area contributed by atoms with E-state index in [1.807, 2.05) is 0 Å². The number of nitrogens with zero attached hydrogens (tertiary/aromatic N) is 1. The van der Waals surface area contributed by atoms with Gasteiger partial charge in [-0.3, -0.25) is 4.79 Å². The lowest BCUT2D eigenvalue weighted by Crippen LogP contribution is -2.44. The summed E-state index contributed by atoms with van der Waals surface area (Å²) < 4.78 is 32.5. The molecule has 9 heteroatoms. The Bertz CT molecular complexity index is 738. The Hall–Kier alpha value is -1.09. The van der Waals surface area contributed by atoms with Gasteiger partial charge in [0.05, 0.1) is 0 Å². The molecule has 1 amide bonds. The number of rotatable bonds is 3. The van der Waals surface area contributed by atoms with E-state index in [2.05, 4.69) is 10.0 Å². The molecule has 0 aromatic carbocycles. The van der Waals surface area contributed by atoms with E-state index in [0.29, 0.717) is 18.5 Å². The first-order valence-electron chi connectivity index (χ1n) is 8.74. The molecule has 3 heterocycles. The van der Waals surface area contributed by atoms with Gasteiger partial charge in [0.15, 0.2) is 5.76 Å². The Morgan fingerprint density at radius 3 is 2.42 bits per heavy atom. The summed E-state index contributed by atoms with van der Waals surface area (Å²) in [6, 6.07) is 2.79. The minimum Gasteiger partial charge on any atom is -0.438 e. The zero-order valence-electron chi connectivity index (χ0n) is 15.5. The third kappa shape index (κ3) is 4.60. The van der Waals surface area contributed by atoms with E-state index in [1.54, 1.807) is 25.7 Å². The first-order valence-corrected chi connectivity index (χ1v) is 10.2. The highest BCUT2D eigenvalue weighted by atomic mass is 35.5. The van der Waals surface area contributed by atoms with Crippen LogP contribution in [-0.4, -0.2) is 50.9 Å². The number of nitrogens with one attached hydrogen (secondary N) is 2. The molecule has 3 rings (SSSR count). The van der Waals surface area contributed by atoms with Crippen molar-refractivity contribution in [3.8, 4) is 0 Å². The zero-order chi connectivity index (χ0) is 18.3. The van der Waals surface area contributed by atoms with Crippen LogP contribution < -0.4 is 10.0 Å². The van der Waals surface area contributed by atoms with Gasteiger partial charge in [0.2, 0.25) is 5.09 Å². The van der Waals surface area contributed by atoms with E-state index in [0.717, 1.165) is 32.4 Å². The number of likely N-dealkylation sites (tertiary alicyclic amines) is 1. The molecule has 2 aliphatic rings. The predicted octanol–water partition coefficient (Wildman–Crippen LogP) is 1.99. The van der Waals surface area contributed by atoms with Crippen molar-refractivity contribution in [2.75, 3.05) is 26.2 Å². The molecule has 0 atom stereocenters. The molecular formula is C17H28ClN3O4S. The van der Waals surface area contributed by atoms with Crippen molar-refractivity contribution in [1.29, 1.82) is 0 Å². The second-order valence-corrected chi connectivity index (χ2v) is 9.81. The van der Waals surface area contributed by atoms with Crippen molar-refractivity contribution in [3.05, 3.63) is 17.9 Å². The molecule has 1 aromatic heterocycles. The van der Waals surface area contributed by atoms with Crippen LogP contribution >= 0.6 is 12.4 Å². The second kappa shape index (κ2) is 7.50. The lowest BCUT2D eigenvalue weighted by Gasteiger charge is -2.38. The number of carbonyl (C=O) groups excluding carboxylic acids is 1. The fraction of sp³-hybridized carbons (Fsp3) is 0.706. The lowest BCUT2D eigenvalue weighted by molar-refractivity contribution is 0.0572. The molecule has 1 aromatic rings. The Labute approximate surface area is 161 Å². The predicted molar refractivity (Wildman–Crippen MR) is 101 cm³/mol. The summed E-state index contributed by atoms with van der Waals surface area (Å²) in [7, 11) is -3.78. The van der Waals surface area contributed by atoms with Crippen LogP contribution in [0.25, 0.3) is 0 Å². The molecule has 0 bridgehead atoms. The quantitative estimate of drug-likeness (QED) is 0.802. The first-order chi connectivity index (χ1) is 11.6. The van der Waals surface area contributed by atoms with Gasteiger partial charge in [-0.15, -0.1) is 12.4 Å². The highest BCUT2D eigenvalue weighted by Crippen LogP contribution is 2.37. The monoisotopic (exact) mass is 405 g/mol. The van der Waals surface area contributed by atoms with Gasteiger partial charge in [-0.05, 0) is 64.1 Å². The Morgan fingerprint density at radius 1 is 1.23 bits per heavy atom. The van der Waals surface area contributed by atoms with Crippen molar-refractivity contribution >= 4 is 28.3 Å². The van der Waals surface area contributed by atoms with Crippen molar-refractivity contribution in [2.45, 2.75) is 50.7 Å². The van der Waals surface area contributed by atoms with E-state index in [4.69, 9.17) is 4.42 Å². The normalized spacial score (nSPS) is 20.2. The van der Waals surface area contributed by atoms with Crippen molar-refractivity contribution in [2.24, 2.45) is 5.41 Å². The minimum atomic E-state index is -3.78. The van der Waals surface area contributed by atoms with Crippen molar-refractivity contribution in [1.82, 2.24) is 14.9 Å². The standard InChI is InChI=1S/C17H27N3O4S.ClH/c1-16(2,3)19-25(22,23)14-5-4-13(24-14)15(21)20-10-7-17(8-11-20)6-9-18-12-17;/h4-5,18-19H,6-12H2,1-3H3;1H. The average molecular weight is 406 g/mol. The van der Waals surface area contributed by atoms with Gasteiger partial charge in [0.1, 0.15) is 0 Å².